The van der Waals surface area contributed by atoms with E-state index < -0.39 is 52.0 Å². The molecule has 1 amide bonds. The fraction of sp³-hybridized carbons (Fsp3) is 0.429. The molecule has 2 N–H and O–H groups in total. The van der Waals surface area contributed by atoms with Gasteiger partial charge >= 0.3 is 12.1 Å². The molecular weight excluding hydrogens is 568 g/mol. The lowest BCUT2D eigenvalue weighted by Crippen LogP contribution is -2.43. The van der Waals surface area contributed by atoms with Crippen molar-refractivity contribution < 1.29 is 36.6 Å². The Balaban J connectivity index is 1.74. The lowest BCUT2D eigenvalue weighted by Gasteiger charge is -2.35. The van der Waals surface area contributed by atoms with Crippen molar-refractivity contribution in [2.45, 2.75) is 64.1 Å². The van der Waals surface area contributed by atoms with Gasteiger partial charge in [0.05, 0.1) is 23.9 Å². The minimum atomic E-state index is -1.34. The van der Waals surface area contributed by atoms with Crippen LogP contribution in [0, 0.1) is 29.2 Å². The van der Waals surface area contributed by atoms with Crippen LogP contribution < -0.4 is 10.6 Å². The molecule has 0 saturated heterocycles. The molecule has 2 aliphatic rings. The number of benzene rings is 1. The van der Waals surface area contributed by atoms with Gasteiger partial charge in [-0.2, -0.15) is 0 Å². The molecule has 0 spiro atoms. The van der Waals surface area contributed by atoms with E-state index in [1.807, 2.05) is 0 Å². The number of pyridine rings is 1. The summed E-state index contributed by atoms with van der Waals surface area (Å²) in [4.78, 5) is 33.6. The summed E-state index contributed by atoms with van der Waals surface area (Å²) in [6.07, 6.45) is 2.20. The maximum atomic E-state index is 14.8. The number of hydrogen-bond donors (Lipinski definition) is 2. The minimum Gasteiger partial charge on any atom is -0.466 e. The molecule has 1 aromatic heterocycles. The Kier molecular flexibility index (Phi) is 8.91. The molecule has 0 radical (unpaired) electrons. The van der Waals surface area contributed by atoms with Crippen LogP contribution in [0.25, 0.3) is 0 Å². The van der Waals surface area contributed by atoms with Gasteiger partial charge in [-0.1, -0.05) is 17.7 Å². The summed E-state index contributed by atoms with van der Waals surface area (Å²) in [7, 11) is 1.15. The third kappa shape index (κ3) is 6.80. The van der Waals surface area contributed by atoms with Gasteiger partial charge in [-0.05, 0) is 58.4 Å². The second-order valence-corrected chi connectivity index (χ2v) is 11.1. The van der Waals surface area contributed by atoms with Crippen molar-refractivity contribution in [3.05, 3.63) is 75.2 Å². The first kappa shape index (κ1) is 30.3. The largest absolute Gasteiger partial charge is 0.466 e. The quantitative estimate of drug-likeness (QED) is 0.253. The number of nitrogens with zero attached hydrogens (tertiary/aromatic N) is 2. The molecule has 13 heteroatoms. The molecule has 1 unspecified atom stereocenters. The monoisotopic (exact) mass is 596 g/mol. The van der Waals surface area contributed by atoms with E-state index in [0.717, 1.165) is 19.4 Å². The summed E-state index contributed by atoms with van der Waals surface area (Å²) < 4.78 is 67.3. The fourth-order valence-corrected chi connectivity index (χ4v) is 5.17. The summed E-state index contributed by atoms with van der Waals surface area (Å²) in [5.74, 6) is -5.82. The standard InChI is InChI=1S/C28H29ClF4N4O4/c1-28(2,3)41-27(39)35-15-7-5-13(6-8-15)22-19(26(38)40-4)23(16-9-10-17(31)21(33)20(16)29)37-25(36-22)24-18(32)11-14(30)12-34-24/h9-13,15,23H,5-8H2,1-4H3,(H,35,39)(H,36,37). The van der Waals surface area contributed by atoms with Gasteiger partial charge in [-0.25, -0.2) is 32.1 Å². The predicted octanol–water partition coefficient (Wildman–Crippen LogP) is 5.89. The topological polar surface area (TPSA) is 102 Å². The number of amidine groups is 1. The molecule has 220 valence electrons. The molecule has 0 bridgehead atoms. The molecule has 1 fully saturated rings. The van der Waals surface area contributed by atoms with Crippen molar-refractivity contribution in [3.63, 3.8) is 0 Å². The lowest BCUT2D eigenvalue weighted by molar-refractivity contribution is -0.136. The van der Waals surface area contributed by atoms with Gasteiger partial charge in [-0.3, -0.25) is 4.99 Å². The molecule has 2 aromatic rings. The van der Waals surface area contributed by atoms with Crippen LogP contribution in [-0.2, 0) is 14.3 Å². The minimum absolute atomic E-state index is 0.0322. The number of alkyl carbamates (subject to hydrolysis) is 1. The van der Waals surface area contributed by atoms with Crippen LogP contribution in [0.2, 0.25) is 5.02 Å². The van der Waals surface area contributed by atoms with Crippen molar-refractivity contribution in [2.24, 2.45) is 10.9 Å². The predicted molar refractivity (Wildman–Crippen MR) is 142 cm³/mol. The highest BCUT2D eigenvalue weighted by Crippen LogP contribution is 2.41. The van der Waals surface area contributed by atoms with Gasteiger partial charge < -0.3 is 20.1 Å². The second kappa shape index (κ2) is 12.1. The Labute approximate surface area is 239 Å². The molecular formula is C28H29ClF4N4O4. The molecule has 2 heterocycles. The molecule has 1 saturated carbocycles. The zero-order valence-corrected chi connectivity index (χ0v) is 23.5. The lowest BCUT2D eigenvalue weighted by atomic mass is 9.80. The van der Waals surface area contributed by atoms with E-state index in [1.165, 1.54) is 6.07 Å². The zero-order valence-electron chi connectivity index (χ0n) is 22.8. The Bertz CT molecular complexity index is 1420. The maximum absolute atomic E-state index is 14.8. The molecule has 41 heavy (non-hydrogen) atoms. The van der Waals surface area contributed by atoms with Gasteiger partial charge in [0.15, 0.2) is 23.3 Å². The van der Waals surface area contributed by atoms with Crippen LogP contribution >= 0.6 is 11.6 Å². The number of ether oxygens (including phenoxy) is 2. The highest BCUT2D eigenvalue weighted by Gasteiger charge is 2.39. The molecule has 1 atom stereocenters. The third-order valence-electron chi connectivity index (χ3n) is 6.73. The van der Waals surface area contributed by atoms with Gasteiger partial charge in [0, 0.05) is 23.4 Å². The molecule has 8 nitrogen and oxygen atoms in total. The summed E-state index contributed by atoms with van der Waals surface area (Å²) in [6.45, 7) is 5.27. The SMILES string of the molecule is COC(=O)C1=C(C2CCC(NC(=O)OC(C)(C)C)CC2)NC(c2ncc(F)cc2F)=NC1c1ccc(F)c(F)c1Cl. The number of halogens is 5. The number of aliphatic imine (C=N–C) groups is 1. The van der Waals surface area contributed by atoms with Crippen molar-refractivity contribution in [1.82, 2.24) is 15.6 Å². The highest BCUT2D eigenvalue weighted by atomic mass is 35.5. The van der Waals surface area contributed by atoms with Crippen LogP contribution in [0.4, 0.5) is 22.4 Å². The number of nitrogens with one attached hydrogen (secondary N) is 2. The van der Waals surface area contributed by atoms with Crippen molar-refractivity contribution in [2.75, 3.05) is 7.11 Å². The first-order valence-corrected chi connectivity index (χ1v) is 13.3. The normalized spacial score (nSPS) is 21.1. The summed E-state index contributed by atoms with van der Waals surface area (Å²) in [5, 5.41) is 5.21. The summed E-state index contributed by atoms with van der Waals surface area (Å²) in [5.41, 5.74) is -0.811. The average Bonchev–Trinajstić information content (AvgIpc) is 2.90. The third-order valence-corrected chi connectivity index (χ3v) is 7.11. The summed E-state index contributed by atoms with van der Waals surface area (Å²) >= 11 is 6.17. The van der Waals surface area contributed by atoms with Gasteiger partial charge in [0.2, 0.25) is 0 Å². The van der Waals surface area contributed by atoms with E-state index in [4.69, 9.17) is 21.1 Å². The Hall–Kier alpha value is -3.67. The summed E-state index contributed by atoms with van der Waals surface area (Å²) in [6, 6.07) is 1.10. The number of carbonyl (C=O) groups excluding carboxylic acids is 2. The molecule has 1 aromatic carbocycles. The van der Waals surface area contributed by atoms with E-state index in [-0.39, 0.29) is 34.6 Å². The van der Waals surface area contributed by atoms with E-state index in [0.29, 0.717) is 37.4 Å². The van der Waals surface area contributed by atoms with Crippen LogP contribution in [0.1, 0.15) is 63.8 Å². The number of aromatic nitrogens is 1. The van der Waals surface area contributed by atoms with Crippen LogP contribution in [0.3, 0.4) is 0 Å². The average molecular weight is 597 g/mol. The number of amides is 1. The smallest absolute Gasteiger partial charge is 0.407 e. The van der Waals surface area contributed by atoms with E-state index >= 15 is 0 Å². The Morgan fingerprint density at radius 1 is 1.07 bits per heavy atom. The Morgan fingerprint density at radius 2 is 1.76 bits per heavy atom. The van der Waals surface area contributed by atoms with Crippen LogP contribution in [0.5, 0.6) is 0 Å². The number of esters is 1. The molecule has 1 aliphatic carbocycles. The first-order chi connectivity index (χ1) is 19.3. The first-order valence-electron chi connectivity index (χ1n) is 12.9. The number of carbonyl (C=O) groups is 2. The van der Waals surface area contributed by atoms with Crippen LogP contribution in [0.15, 0.2) is 40.7 Å². The number of hydrogen-bond acceptors (Lipinski definition) is 7. The molecule has 1 aliphatic heterocycles. The maximum Gasteiger partial charge on any atom is 0.407 e. The van der Waals surface area contributed by atoms with E-state index in [1.54, 1.807) is 20.8 Å². The van der Waals surface area contributed by atoms with Gasteiger partial charge in [0.1, 0.15) is 23.2 Å². The van der Waals surface area contributed by atoms with Crippen LogP contribution in [-0.4, -0.2) is 41.6 Å². The molecule has 4 rings (SSSR count). The van der Waals surface area contributed by atoms with Gasteiger partial charge in [0.25, 0.3) is 0 Å². The second-order valence-electron chi connectivity index (χ2n) is 10.8. The van der Waals surface area contributed by atoms with E-state index in [9.17, 15) is 27.2 Å². The van der Waals surface area contributed by atoms with Crippen molar-refractivity contribution in [1.29, 1.82) is 0 Å². The van der Waals surface area contributed by atoms with Crippen molar-refractivity contribution >= 4 is 29.5 Å². The van der Waals surface area contributed by atoms with E-state index in [2.05, 4.69) is 20.6 Å². The fourth-order valence-electron chi connectivity index (χ4n) is 4.91. The number of rotatable bonds is 5. The Morgan fingerprint density at radius 3 is 2.37 bits per heavy atom. The highest BCUT2D eigenvalue weighted by molar-refractivity contribution is 6.31. The van der Waals surface area contributed by atoms with Crippen molar-refractivity contribution in [3.8, 4) is 0 Å². The number of allylic oxidation sites excluding steroid dienone is 1. The van der Waals surface area contributed by atoms with Gasteiger partial charge in [-0.15, -0.1) is 0 Å². The number of methoxy groups -OCH3 is 1. The zero-order chi connectivity index (χ0) is 30.1.